The second kappa shape index (κ2) is 7.82. The van der Waals surface area contributed by atoms with E-state index in [-0.39, 0.29) is 10.5 Å². The smallest absolute Gasteiger partial charge is 0.265 e. The first-order valence-corrected chi connectivity index (χ1v) is 9.96. The Labute approximate surface area is 163 Å². The molecule has 0 aromatic heterocycles. The fourth-order valence-electron chi connectivity index (χ4n) is 2.43. The molecule has 0 saturated carbocycles. The maximum Gasteiger partial charge on any atom is 0.265 e. The third-order valence-electron chi connectivity index (χ3n) is 3.89. The summed E-state index contributed by atoms with van der Waals surface area (Å²) in [5.74, 6) is -0.690. The van der Waals surface area contributed by atoms with Crippen molar-refractivity contribution in [1.82, 2.24) is 4.72 Å². The second-order valence-electron chi connectivity index (χ2n) is 5.94. The Kier molecular flexibility index (Phi) is 5.48. The number of benzene rings is 2. The first kappa shape index (κ1) is 18.9. The second-order valence-corrected chi connectivity index (χ2v) is 8.06. The van der Waals surface area contributed by atoms with Crippen molar-refractivity contribution in [2.24, 2.45) is 0 Å². The molecule has 0 spiro atoms. The average Bonchev–Trinajstić information content (AvgIpc) is 3.10. The van der Waals surface area contributed by atoms with Gasteiger partial charge >= 0.3 is 0 Å². The van der Waals surface area contributed by atoms with Crippen LogP contribution in [0.2, 0.25) is 5.02 Å². The number of anilines is 1. The molecule has 0 aliphatic heterocycles. The van der Waals surface area contributed by atoms with Gasteiger partial charge in [-0.3, -0.25) is 4.79 Å². The van der Waals surface area contributed by atoms with E-state index in [4.69, 9.17) is 11.6 Å². The number of sulfonamides is 1. The molecule has 138 valence electrons. The summed E-state index contributed by atoms with van der Waals surface area (Å²) >= 11 is 5.85. The van der Waals surface area contributed by atoms with Gasteiger partial charge in [0, 0.05) is 28.1 Å². The van der Waals surface area contributed by atoms with E-state index in [0.29, 0.717) is 10.6 Å². The van der Waals surface area contributed by atoms with Crippen molar-refractivity contribution in [1.29, 1.82) is 0 Å². The van der Waals surface area contributed by atoms with Crippen LogP contribution in [-0.4, -0.2) is 14.3 Å². The van der Waals surface area contributed by atoms with Gasteiger partial charge in [0.25, 0.3) is 15.9 Å². The molecule has 0 fully saturated rings. The molecule has 0 unspecified atom stereocenters. The molecular weight excluding hydrogens is 384 g/mol. The number of hydrogen-bond donors (Lipinski definition) is 2. The lowest BCUT2D eigenvalue weighted by Gasteiger charge is -2.10. The van der Waals surface area contributed by atoms with Crippen molar-refractivity contribution in [3.05, 3.63) is 94.7 Å². The van der Waals surface area contributed by atoms with Crippen molar-refractivity contribution in [3.8, 4) is 0 Å². The highest BCUT2D eigenvalue weighted by Gasteiger charge is 2.22. The summed E-state index contributed by atoms with van der Waals surface area (Å²) in [6, 6.07) is 13.4. The topological polar surface area (TPSA) is 75.3 Å². The molecule has 0 bridgehead atoms. The Balaban J connectivity index is 1.73. The molecule has 0 saturated heterocycles. The van der Waals surface area contributed by atoms with Crippen LogP contribution in [0.1, 0.15) is 5.56 Å². The number of carbonyl (C=O) groups excluding carboxylic acids is 1. The first-order chi connectivity index (χ1) is 12.8. The van der Waals surface area contributed by atoms with E-state index in [1.54, 1.807) is 60.8 Å². The highest BCUT2D eigenvalue weighted by Crippen LogP contribution is 2.21. The molecular formula is C20H17ClN2O3S. The molecule has 0 radical (unpaired) electrons. The summed E-state index contributed by atoms with van der Waals surface area (Å²) in [6.07, 6.45) is 6.60. The molecule has 2 aromatic rings. The summed E-state index contributed by atoms with van der Waals surface area (Å²) in [4.78, 5) is 12.5. The zero-order valence-electron chi connectivity index (χ0n) is 14.4. The van der Waals surface area contributed by atoms with Gasteiger partial charge in [0.05, 0.1) is 4.90 Å². The first-order valence-electron chi connectivity index (χ1n) is 8.10. The standard InChI is InChI=1S/C20H17ClN2O3S/c1-14-5-11-18(12-6-14)27(25,26)23-20(24)19-4-2-3-15(19)13-22-17-9-7-16(21)8-10-17/h2-13,22H,1H3,(H,23,24)/b15-13-. The third kappa shape index (κ3) is 4.67. The Morgan fingerprint density at radius 1 is 1.04 bits per heavy atom. The summed E-state index contributed by atoms with van der Waals surface area (Å²) in [5.41, 5.74) is 2.55. The van der Waals surface area contributed by atoms with Crippen LogP contribution in [0.15, 0.2) is 89.0 Å². The van der Waals surface area contributed by atoms with Gasteiger partial charge in [-0.2, -0.15) is 0 Å². The highest BCUT2D eigenvalue weighted by molar-refractivity contribution is 7.90. The zero-order chi connectivity index (χ0) is 19.4. The Bertz CT molecular complexity index is 1050. The third-order valence-corrected chi connectivity index (χ3v) is 5.49. The quantitative estimate of drug-likeness (QED) is 0.796. The zero-order valence-corrected chi connectivity index (χ0v) is 16.0. The van der Waals surface area contributed by atoms with E-state index in [2.05, 4.69) is 10.0 Å². The van der Waals surface area contributed by atoms with Gasteiger partial charge in [0.15, 0.2) is 0 Å². The largest absolute Gasteiger partial charge is 0.361 e. The Hall–Kier alpha value is -2.83. The van der Waals surface area contributed by atoms with E-state index in [9.17, 15) is 13.2 Å². The number of aryl methyl sites for hydroxylation is 1. The van der Waals surface area contributed by atoms with Crippen molar-refractivity contribution >= 4 is 33.2 Å². The monoisotopic (exact) mass is 400 g/mol. The number of hydrogen-bond acceptors (Lipinski definition) is 4. The van der Waals surface area contributed by atoms with E-state index in [1.165, 1.54) is 12.1 Å². The maximum absolute atomic E-state index is 12.5. The van der Waals surface area contributed by atoms with Crippen LogP contribution in [0.3, 0.4) is 0 Å². The summed E-state index contributed by atoms with van der Waals surface area (Å²) in [7, 11) is -3.94. The number of amides is 1. The van der Waals surface area contributed by atoms with E-state index < -0.39 is 15.9 Å². The Morgan fingerprint density at radius 2 is 1.70 bits per heavy atom. The van der Waals surface area contributed by atoms with Gasteiger partial charge in [-0.05, 0) is 49.4 Å². The van der Waals surface area contributed by atoms with Gasteiger partial charge in [-0.1, -0.05) is 41.4 Å². The van der Waals surface area contributed by atoms with Gasteiger partial charge in [0.2, 0.25) is 0 Å². The predicted molar refractivity (Wildman–Crippen MR) is 107 cm³/mol. The van der Waals surface area contributed by atoms with E-state index >= 15 is 0 Å². The van der Waals surface area contributed by atoms with Crippen LogP contribution < -0.4 is 10.0 Å². The van der Waals surface area contributed by atoms with Gasteiger partial charge in [-0.25, -0.2) is 13.1 Å². The number of rotatable bonds is 5. The number of allylic oxidation sites excluding steroid dienone is 3. The van der Waals surface area contributed by atoms with Crippen molar-refractivity contribution in [3.63, 3.8) is 0 Å². The normalized spacial score (nSPS) is 14.9. The summed E-state index contributed by atoms with van der Waals surface area (Å²) in [5, 5.41) is 3.68. The van der Waals surface area contributed by atoms with Crippen LogP contribution in [0.5, 0.6) is 0 Å². The maximum atomic E-state index is 12.5. The highest BCUT2D eigenvalue weighted by atomic mass is 35.5. The van der Waals surface area contributed by atoms with Gasteiger partial charge in [0.1, 0.15) is 0 Å². The van der Waals surface area contributed by atoms with E-state index in [0.717, 1.165) is 11.3 Å². The minimum Gasteiger partial charge on any atom is -0.361 e. The molecule has 27 heavy (non-hydrogen) atoms. The molecule has 2 N–H and O–H groups in total. The summed E-state index contributed by atoms with van der Waals surface area (Å²) < 4.78 is 26.9. The molecule has 3 rings (SSSR count). The van der Waals surface area contributed by atoms with Crippen LogP contribution >= 0.6 is 11.6 Å². The predicted octanol–water partition coefficient (Wildman–Crippen LogP) is 3.95. The molecule has 1 amide bonds. The van der Waals surface area contributed by atoms with Gasteiger partial charge < -0.3 is 5.32 Å². The minimum atomic E-state index is -3.94. The number of halogens is 1. The van der Waals surface area contributed by atoms with E-state index in [1.807, 2.05) is 6.92 Å². The molecule has 1 aliphatic rings. The molecule has 1 aliphatic carbocycles. The minimum absolute atomic E-state index is 0.0397. The lowest BCUT2D eigenvalue weighted by atomic mass is 10.1. The molecule has 2 aromatic carbocycles. The molecule has 0 atom stereocenters. The summed E-state index contributed by atoms with van der Waals surface area (Å²) in [6.45, 7) is 1.86. The molecule has 5 nitrogen and oxygen atoms in total. The van der Waals surface area contributed by atoms with Crippen molar-refractivity contribution in [2.75, 3.05) is 5.32 Å². The fraction of sp³-hybridized carbons (Fsp3) is 0.0500. The fourth-order valence-corrected chi connectivity index (χ4v) is 3.52. The lowest BCUT2D eigenvalue weighted by molar-refractivity contribution is -0.115. The number of nitrogens with one attached hydrogen (secondary N) is 2. The Morgan fingerprint density at radius 3 is 2.37 bits per heavy atom. The van der Waals surface area contributed by atoms with Gasteiger partial charge in [-0.15, -0.1) is 0 Å². The average molecular weight is 401 g/mol. The number of carbonyl (C=O) groups is 1. The van der Waals surface area contributed by atoms with Crippen LogP contribution in [0.25, 0.3) is 0 Å². The van der Waals surface area contributed by atoms with Crippen LogP contribution in [0, 0.1) is 6.92 Å². The van der Waals surface area contributed by atoms with Crippen molar-refractivity contribution in [2.45, 2.75) is 11.8 Å². The van der Waals surface area contributed by atoms with Crippen LogP contribution in [0.4, 0.5) is 5.69 Å². The lowest BCUT2D eigenvalue weighted by Crippen LogP contribution is -2.31. The van der Waals surface area contributed by atoms with Crippen molar-refractivity contribution < 1.29 is 13.2 Å². The molecule has 0 heterocycles. The molecule has 7 heteroatoms. The van der Waals surface area contributed by atoms with Crippen LogP contribution in [-0.2, 0) is 14.8 Å². The SMILES string of the molecule is Cc1ccc(S(=O)(=O)NC(=O)C2=CC=C/C2=C/Nc2ccc(Cl)cc2)cc1.